The number of aryl methyl sites for hydroxylation is 2. The number of benzene rings is 1. The molecule has 0 aromatic heterocycles. The van der Waals surface area contributed by atoms with Gasteiger partial charge in [-0.05, 0) is 51.3 Å². The van der Waals surface area contributed by atoms with Crippen molar-refractivity contribution < 1.29 is 4.79 Å². The first-order valence-corrected chi connectivity index (χ1v) is 6.75. The maximum absolute atomic E-state index is 12.0. The van der Waals surface area contributed by atoms with E-state index >= 15 is 0 Å². The van der Waals surface area contributed by atoms with Crippen molar-refractivity contribution >= 4 is 5.91 Å². The van der Waals surface area contributed by atoms with Gasteiger partial charge >= 0.3 is 0 Å². The number of carbonyl (C=O) groups excluding carboxylic acids is 1. The summed E-state index contributed by atoms with van der Waals surface area (Å²) in [7, 11) is 0. The Morgan fingerprint density at radius 2 is 2.28 bits per heavy atom. The van der Waals surface area contributed by atoms with Gasteiger partial charge in [-0.2, -0.15) is 0 Å². The summed E-state index contributed by atoms with van der Waals surface area (Å²) in [5.41, 5.74) is 3.03. The van der Waals surface area contributed by atoms with Crippen LogP contribution in [0.3, 0.4) is 0 Å². The lowest BCUT2D eigenvalue weighted by Crippen LogP contribution is -2.30. The maximum atomic E-state index is 12.0. The maximum Gasteiger partial charge on any atom is 0.251 e. The second-order valence-corrected chi connectivity index (χ2v) is 5.16. The Balaban J connectivity index is 1.83. The zero-order chi connectivity index (χ0) is 13.0. The minimum Gasteiger partial charge on any atom is -0.352 e. The predicted molar refractivity (Wildman–Crippen MR) is 73.9 cm³/mol. The van der Waals surface area contributed by atoms with Crippen molar-refractivity contribution in [2.75, 3.05) is 13.1 Å². The Bertz CT molecular complexity index is 423. The van der Waals surface area contributed by atoms with E-state index < -0.39 is 0 Å². The third-order valence-electron chi connectivity index (χ3n) is 3.57. The molecule has 1 atom stereocenters. The van der Waals surface area contributed by atoms with Crippen LogP contribution < -0.4 is 10.6 Å². The van der Waals surface area contributed by atoms with Crippen molar-refractivity contribution in [1.29, 1.82) is 0 Å². The van der Waals surface area contributed by atoms with Crippen molar-refractivity contribution in [1.82, 2.24) is 10.6 Å². The van der Waals surface area contributed by atoms with Crippen LogP contribution in [0.25, 0.3) is 0 Å². The van der Waals surface area contributed by atoms with Crippen LogP contribution in [0.5, 0.6) is 0 Å². The first-order valence-electron chi connectivity index (χ1n) is 6.75. The number of hydrogen-bond donors (Lipinski definition) is 2. The Kier molecular flexibility index (Phi) is 4.37. The van der Waals surface area contributed by atoms with Crippen molar-refractivity contribution in [2.24, 2.45) is 0 Å². The van der Waals surface area contributed by atoms with Crippen LogP contribution in [0.15, 0.2) is 18.2 Å². The molecule has 0 spiro atoms. The van der Waals surface area contributed by atoms with Crippen LogP contribution in [-0.4, -0.2) is 25.0 Å². The summed E-state index contributed by atoms with van der Waals surface area (Å²) in [6.45, 7) is 5.90. The predicted octanol–water partition coefficient (Wildman–Crippen LogP) is 2.18. The molecular weight excluding hydrogens is 224 g/mol. The highest BCUT2D eigenvalue weighted by Crippen LogP contribution is 2.11. The number of rotatable bonds is 4. The van der Waals surface area contributed by atoms with Crippen LogP contribution in [0.2, 0.25) is 0 Å². The fraction of sp³-hybridized carbons (Fsp3) is 0.533. The molecule has 0 saturated carbocycles. The average molecular weight is 246 g/mol. The van der Waals surface area contributed by atoms with Crippen LogP contribution in [0.4, 0.5) is 0 Å². The molecule has 0 bridgehead atoms. The van der Waals surface area contributed by atoms with Gasteiger partial charge in [-0.3, -0.25) is 4.79 Å². The standard InChI is InChI=1S/C15H22N2O/c1-11-5-6-14(12(2)10-11)15(18)17-9-7-13-4-3-8-16-13/h5-6,10,13,16H,3-4,7-9H2,1-2H3,(H,17,18)/t13-/m0/s1. The molecule has 1 saturated heterocycles. The number of hydrogen-bond acceptors (Lipinski definition) is 2. The summed E-state index contributed by atoms with van der Waals surface area (Å²) in [6.07, 6.45) is 3.52. The van der Waals surface area contributed by atoms with Gasteiger partial charge < -0.3 is 10.6 Å². The van der Waals surface area contributed by atoms with Crippen LogP contribution in [-0.2, 0) is 0 Å². The molecule has 1 heterocycles. The topological polar surface area (TPSA) is 41.1 Å². The van der Waals surface area contributed by atoms with Gasteiger partial charge in [0.15, 0.2) is 0 Å². The zero-order valence-electron chi connectivity index (χ0n) is 11.3. The summed E-state index contributed by atoms with van der Waals surface area (Å²) in [5.74, 6) is 0.0468. The SMILES string of the molecule is Cc1ccc(C(=O)NCC[C@@H]2CCCN2)c(C)c1. The highest BCUT2D eigenvalue weighted by Gasteiger charge is 2.14. The van der Waals surface area contributed by atoms with E-state index in [1.807, 2.05) is 32.0 Å². The molecular formula is C15H22N2O. The van der Waals surface area contributed by atoms with E-state index in [4.69, 9.17) is 0 Å². The van der Waals surface area contributed by atoms with Crippen molar-refractivity contribution in [3.63, 3.8) is 0 Å². The largest absolute Gasteiger partial charge is 0.352 e. The minimum absolute atomic E-state index is 0.0468. The lowest BCUT2D eigenvalue weighted by molar-refractivity contribution is 0.0951. The summed E-state index contributed by atoms with van der Waals surface area (Å²) >= 11 is 0. The van der Waals surface area contributed by atoms with Crippen LogP contribution in [0.1, 0.15) is 40.7 Å². The van der Waals surface area contributed by atoms with Crippen molar-refractivity contribution in [3.8, 4) is 0 Å². The smallest absolute Gasteiger partial charge is 0.251 e. The van der Waals surface area contributed by atoms with Gasteiger partial charge in [0.2, 0.25) is 0 Å². The van der Waals surface area contributed by atoms with Crippen molar-refractivity contribution in [2.45, 2.75) is 39.2 Å². The fourth-order valence-electron chi connectivity index (χ4n) is 2.53. The lowest BCUT2D eigenvalue weighted by Gasteiger charge is -2.12. The van der Waals surface area contributed by atoms with Gasteiger partial charge in [0, 0.05) is 18.2 Å². The van der Waals surface area contributed by atoms with E-state index in [9.17, 15) is 4.79 Å². The van der Waals surface area contributed by atoms with Crippen LogP contribution >= 0.6 is 0 Å². The van der Waals surface area contributed by atoms with Gasteiger partial charge in [0.25, 0.3) is 5.91 Å². The molecule has 1 aromatic rings. The van der Waals surface area contributed by atoms with Gasteiger partial charge in [-0.25, -0.2) is 0 Å². The summed E-state index contributed by atoms with van der Waals surface area (Å²) in [6, 6.07) is 6.53. The first-order chi connectivity index (χ1) is 8.66. The highest BCUT2D eigenvalue weighted by atomic mass is 16.1. The minimum atomic E-state index is 0.0468. The number of nitrogens with one attached hydrogen (secondary N) is 2. The molecule has 0 aliphatic carbocycles. The molecule has 1 amide bonds. The quantitative estimate of drug-likeness (QED) is 0.855. The van der Waals surface area contributed by atoms with E-state index in [2.05, 4.69) is 10.6 Å². The molecule has 3 heteroatoms. The number of amides is 1. The molecule has 1 fully saturated rings. The van der Waals surface area contributed by atoms with E-state index in [1.165, 1.54) is 18.4 Å². The third kappa shape index (κ3) is 3.33. The number of carbonyl (C=O) groups is 1. The van der Waals surface area contributed by atoms with E-state index in [-0.39, 0.29) is 5.91 Å². The molecule has 2 N–H and O–H groups in total. The zero-order valence-corrected chi connectivity index (χ0v) is 11.3. The average Bonchev–Trinajstić information content (AvgIpc) is 2.81. The van der Waals surface area contributed by atoms with E-state index in [1.54, 1.807) is 0 Å². The lowest BCUT2D eigenvalue weighted by atomic mass is 10.1. The molecule has 0 unspecified atom stereocenters. The first kappa shape index (κ1) is 13.1. The Hall–Kier alpha value is -1.35. The molecule has 18 heavy (non-hydrogen) atoms. The summed E-state index contributed by atoms with van der Waals surface area (Å²) < 4.78 is 0. The summed E-state index contributed by atoms with van der Waals surface area (Å²) in [5, 5.41) is 6.44. The molecule has 2 rings (SSSR count). The second kappa shape index (κ2) is 6.01. The molecule has 0 radical (unpaired) electrons. The van der Waals surface area contributed by atoms with E-state index in [0.717, 1.165) is 30.6 Å². The molecule has 1 aliphatic rings. The fourth-order valence-corrected chi connectivity index (χ4v) is 2.53. The van der Waals surface area contributed by atoms with Gasteiger partial charge in [0.05, 0.1) is 0 Å². The molecule has 3 nitrogen and oxygen atoms in total. The Morgan fingerprint density at radius 3 is 2.94 bits per heavy atom. The Labute approximate surface area is 109 Å². The van der Waals surface area contributed by atoms with Gasteiger partial charge in [-0.1, -0.05) is 17.7 Å². The second-order valence-electron chi connectivity index (χ2n) is 5.16. The van der Waals surface area contributed by atoms with Crippen molar-refractivity contribution in [3.05, 3.63) is 34.9 Å². The molecule has 1 aliphatic heterocycles. The monoisotopic (exact) mass is 246 g/mol. The Morgan fingerprint density at radius 1 is 1.44 bits per heavy atom. The molecule has 98 valence electrons. The summed E-state index contributed by atoms with van der Waals surface area (Å²) in [4.78, 5) is 12.0. The van der Waals surface area contributed by atoms with Crippen LogP contribution in [0, 0.1) is 13.8 Å². The normalized spacial score (nSPS) is 18.9. The van der Waals surface area contributed by atoms with Gasteiger partial charge in [-0.15, -0.1) is 0 Å². The third-order valence-corrected chi connectivity index (χ3v) is 3.57. The van der Waals surface area contributed by atoms with E-state index in [0.29, 0.717) is 6.04 Å². The highest BCUT2D eigenvalue weighted by molar-refractivity contribution is 5.95. The van der Waals surface area contributed by atoms with Gasteiger partial charge in [0.1, 0.15) is 0 Å². The molecule has 1 aromatic carbocycles.